The quantitative estimate of drug-likeness (QED) is 0.483. The van der Waals surface area contributed by atoms with Gasteiger partial charge >= 0.3 is 6.18 Å². The number of hydrogen-bond acceptors (Lipinski definition) is 4. The van der Waals surface area contributed by atoms with Gasteiger partial charge < -0.3 is 16.4 Å². The molecule has 3 aromatic rings. The summed E-state index contributed by atoms with van der Waals surface area (Å²) in [6.45, 7) is 1.66. The molecule has 0 aliphatic carbocycles. The molecule has 4 N–H and O–H groups in total. The maximum atomic E-state index is 13.3. The SMILES string of the molecule is C[C@H](N)C(=O)NCc1cccc(-n2nc(C(F)(F)F)cc2C(=O)NCc2ccccc2Cl)c1. The number of nitrogens with two attached hydrogens (primary N) is 1. The van der Waals surface area contributed by atoms with Crippen molar-refractivity contribution in [3.63, 3.8) is 0 Å². The summed E-state index contributed by atoms with van der Waals surface area (Å²) >= 11 is 6.08. The molecule has 2 aromatic carbocycles. The number of carbonyl (C=O) groups excluding carboxylic acids is 2. The summed E-state index contributed by atoms with van der Waals surface area (Å²) in [6, 6.07) is 13.1. The smallest absolute Gasteiger partial charge is 0.351 e. The maximum absolute atomic E-state index is 13.3. The van der Waals surface area contributed by atoms with Crippen molar-refractivity contribution in [2.45, 2.75) is 32.2 Å². The molecule has 0 aliphatic heterocycles. The molecule has 0 saturated heterocycles. The lowest BCUT2D eigenvalue weighted by Crippen LogP contribution is -2.37. The standard InChI is InChI=1S/C22H21ClF3N5O2/c1-13(27)20(32)28-11-14-5-4-7-16(9-14)31-18(10-19(30-31)22(24,25)26)21(33)29-12-15-6-2-3-8-17(15)23/h2-10,13H,11-12,27H2,1H3,(H,28,32)(H,29,33)/t13-/m0/s1. The molecule has 0 unspecified atom stereocenters. The summed E-state index contributed by atoms with van der Waals surface area (Å²) in [4.78, 5) is 24.5. The topological polar surface area (TPSA) is 102 Å². The van der Waals surface area contributed by atoms with Crippen LogP contribution in [0, 0.1) is 0 Å². The van der Waals surface area contributed by atoms with Crippen molar-refractivity contribution in [3.05, 3.63) is 82.1 Å². The summed E-state index contributed by atoms with van der Waals surface area (Å²) < 4.78 is 41.0. The van der Waals surface area contributed by atoms with Gasteiger partial charge in [-0.2, -0.15) is 18.3 Å². The lowest BCUT2D eigenvalue weighted by Gasteiger charge is -2.11. The molecule has 1 heterocycles. The van der Waals surface area contributed by atoms with Gasteiger partial charge in [-0.05, 0) is 36.2 Å². The van der Waals surface area contributed by atoms with E-state index in [1.807, 2.05) is 0 Å². The molecule has 3 rings (SSSR count). The Kier molecular flexibility index (Phi) is 7.39. The number of nitrogens with one attached hydrogen (secondary N) is 2. The fourth-order valence-electron chi connectivity index (χ4n) is 2.93. The van der Waals surface area contributed by atoms with Crippen LogP contribution < -0.4 is 16.4 Å². The van der Waals surface area contributed by atoms with Crippen molar-refractivity contribution in [2.75, 3.05) is 0 Å². The highest BCUT2D eigenvalue weighted by Gasteiger charge is 2.36. The Labute approximate surface area is 192 Å². The Morgan fingerprint density at radius 1 is 1.09 bits per heavy atom. The number of benzene rings is 2. The minimum absolute atomic E-state index is 0.0222. The van der Waals surface area contributed by atoms with Gasteiger partial charge in [0.25, 0.3) is 5.91 Å². The number of carbonyl (C=O) groups is 2. The molecule has 11 heteroatoms. The number of nitrogens with zero attached hydrogens (tertiary/aromatic N) is 2. The van der Waals surface area contributed by atoms with Crippen molar-refractivity contribution in [3.8, 4) is 5.69 Å². The molecular weight excluding hydrogens is 459 g/mol. The molecule has 0 bridgehead atoms. The molecular formula is C22H21ClF3N5O2. The predicted molar refractivity (Wildman–Crippen MR) is 117 cm³/mol. The van der Waals surface area contributed by atoms with Gasteiger partial charge in [0.1, 0.15) is 5.69 Å². The van der Waals surface area contributed by atoms with Gasteiger partial charge in [-0.1, -0.05) is 41.9 Å². The lowest BCUT2D eigenvalue weighted by atomic mass is 10.2. The normalized spacial score (nSPS) is 12.3. The number of alkyl halides is 3. The third-order valence-corrected chi connectivity index (χ3v) is 5.03. The van der Waals surface area contributed by atoms with Crippen LogP contribution in [0.15, 0.2) is 54.6 Å². The van der Waals surface area contributed by atoms with E-state index in [0.717, 1.165) is 4.68 Å². The van der Waals surface area contributed by atoms with Crippen molar-refractivity contribution in [1.29, 1.82) is 0 Å². The van der Waals surface area contributed by atoms with Crippen LogP contribution in [0.4, 0.5) is 13.2 Å². The summed E-state index contributed by atoms with van der Waals surface area (Å²) in [5.41, 5.74) is 5.43. The van der Waals surface area contributed by atoms with E-state index in [9.17, 15) is 22.8 Å². The maximum Gasteiger partial charge on any atom is 0.435 e. The molecule has 1 aromatic heterocycles. The van der Waals surface area contributed by atoms with Crippen LogP contribution in [0.5, 0.6) is 0 Å². The first-order valence-corrected chi connectivity index (χ1v) is 10.3. The number of halogens is 4. The van der Waals surface area contributed by atoms with E-state index in [4.69, 9.17) is 17.3 Å². The van der Waals surface area contributed by atoms with Gasteiger partial charge in [0.15, 0.2) is 5.69 Å². The fourth-order valence-corrected chi connectivity index (χ4v) is 3.14. The summed E-state index contributed by atoms with van der Waals surface area (Å²) in [7, 11) is 0. The molecule has 0 radical (unpaired) electrons. The van der Waals surface area contributed by atoms with Crippen LogP contribution in [-0.2, 0) is 24.1 Å². The van der Waals surface area contributed by atoms with Gasteiger partial charge in [0, 0.05) is 24.2 Å². The molecule has 33 heavy (non-hydrogen) atoms. The van der Waals surface area contributed by atoms with Gasteiger partial charge in [-0.15, -0.1) is 0 Å². The highest BCUT2D eigenvalue weighted by atomic mass is 35.5. The monoisotopic (exact) mass is 479 g/mol. The summed E-state index contributed by atoms with van der Waals surface area (Å²) in [6.07, 6.45) is -4.74. The van der Waals surface area contributed by atoms with Crippen LogP contribution in [-0.4, -0.2) is 27.6 Å². The van der Waals surface area contributed by atoms with Crippen LogP contribution in [0.3, 0.4) is 0 Å². The Hall–Kier alpha value is -3.37. The second-order valence-corrected chi connectivity index (χ2v) is 7.68. The number of hydrogen-bond donors (Lipinski definition) is 3. The van der Waals surface area contributed by atoms with E-state index in [2.05, 4.69) is 15.7 Å². The Morgan fingerprint density at radius 2 is 1.82 bits per heavy atom. The van der Waals surface area contributed by atoms with Crippen molar-refractivity contribution in [2.24, 2.45) is 5.73 Å². The highest BCUT2D eigenvalue weighted by molar-refractivity contribution is 6.31. The Balaban J connectivity index is 1.89. The van der Waals surface area contributed by atoms with E-state index < -0.39 is 23.8 Å². The van der Waals surface area contributed by atoms with E-state index in [0.29, 0.717) is 22.2 Å². The Bertz CT molecular complexity index is 1160. The fraction of sp³-hybridized carbons (Fsp3) is 0.227. The molecule has 174 valence electrons. The van der Waals surface area contributed by atoms with Crippen molar-refractivity contribution in [1.82, 2.24) is 20.4 Å². The van der Waals surface area contributed by atoms with E-state index >= 15 is 0 Å². The number of rotatable bonds is 7. The van der Waals surface area contributed by atoms with Crippen molar-refractivity contribution < 1.29 is 22.8 Å². The third-order valence-electron chi connectivity index (χ3n) is 4.67. The summed E-state index contributed by atoms with van der Waals surface area (Å²) in [5, 5.41) is 9.23. The van der Waals surface area contributed by atoms with Gasteiger partial charge in [-0.3, -0.25) is 9.59 Å². The first kappa shape index (κ1) is 24.3. The van der Waals surface area contributed by atoms with Crippen molar-refractivity contribution >= 4 is 23.4 Å². The molecule has 7 nitrogen and oxygen atoms in total. The largest absolute Gasteiger partial charge is 0.435 e. The van der Waals surface area contributed by atoms with Gasteiger partial charge in [0.05, 0.1) is 11.7 Å². The Morgan fingerprint density at radius 3 is 2.48 bits per heavy atom. The second kappa shape index (κ2) is 10.1. The summed E-state index contributed by atoms with van der Waals surface area (Å²) in [5.74, 6) is -1.13. The minimum Gasteiger partial charge on any atom is -0.351 e. The lowest BCUT2D eigenvalue weighted by molar-refractivity contribution is -0.141. The molecule has 0 fully saturated rings. The molecule has 2 amide bonds. The van der Waals surface area contributed by atoms with Crippen LogP contribution in [0.2, 0.25) is 5.02 Å². The number of amides is 2. The molecule has 0 aliphatic rings. The zero-order valence-corrected chi connectivity index (χ0v) is 18.2. The second-order valence-electron chi connectivity index (χ2n) is 7.27. The zero-order valence-electron chi connectivity index (χ0n) is 17.5. The van der Waals surface area contributed by atoms with E-state index in [1.165, 1.54) is 19.1 Å². The molecule has 0 saturated carbocycles. The van der Waals surface area contributed by atoms with E-state index in [1.54, 1.807) is 36.4 Å². The molecule has 1 atom stereocenters. The van der Waals surface area contributed by atoms with Gasteiger partial charge in [0.2, 0.25) is 5.91 Å². The van der Waals surface area contributed by atoms with Crippen LogP contribution in [0.1, 0.15) is 34.2 Å². The zero-order chi connectivity index (χ0) is 24.2. The minimum atomic E-state index is -4.74. The average molecular weight is 480 g/mol. The average Bonchev–Trinajstić information content (AvgIpc) is 3.23. The van der Waals surface area contributed by atoms with Crippen LogP contribution in [0.25, 0.3) is 5.69 Å². The first-order chi connectivity index (χ1) is 15.6. The molecule has 0 spiro atoms. The first-order valence-electron chi connectivity index (χ1n) is 9.87. The highest BCUT2D eigenvalue weighted by Crippen LogP contribution is 2.30. The predicted octanol–water partition coefficient (Wildman–Crippen LogP) is 3.44. The van der Waals surface area contributed by atoms with Gasteiger partial charge in [-0.25, -0.2) is 4.68 Å². The van der Waals surface area contributed by atoms with E-state index in [-0.39, 0.29) is 30.4 Å². The third kappa shape index (κ3) is 6.11. The van der Waals surface area contributed by atoms with Crippen LogP contribution >= 0.6 is 11.6 Å². The number of aromatic nitrogens is 2.